The molecule has 0 amide bonds. The Morgan fingerprint density at radius 1 is 1.09 bits per heavy atom. The first-order chi connectivity index (χ1) is 5.38. The summed E-state index contributed by atoms with van der Waals surface area (Å²) in [5, 5.41) is 0. The summed E-state index contributed by atoms with van der Waals surface area (Å²) in [7, 11) is 0. The van der Waals surface area contributed by atoms with Crippen molar-refractivity contribution in [2.45, 2.75) is 0 Å². The fraction of sp³-hybridized carbons (Fsp3) is 0. The number of hydrogen-bond acceptors (Lipinski definition) is 1. The Morgan fingerprint density at radius 3 is 2.82 bits per heavy atom. The van der Waals surface area contributed by atoms with Crippen LogP contribution < -0.4 is 5.56 Å². The average Bonchev–Trinajstić information content (AvgIpc) is 2.25. The molecule has 1 heterocycles. The molecule has 0 saturated heterocycles. The second-order valence-corrected chi connectivity index (χ2v) is 2.40. The Labute approximate surface area is 63.8 Å². The average molecular weight is 145 g/mol. The number of nitrogens with one attached hydrogen (secondary N) is 1. The maximum Gasteiger partial charge on any atom is 0.255 e. The normalized spacial score (nSPS) is 10.2. The Kier molecular flexibility index (Phi) is 1.25. The minimum absolute atomic E-state index is 0.0174. The minimum Gasteiger partial charge on any atom is -0.328 e. The predicted molar refractivity (Wildman–Crippen MR) is 43.7 cm³/mol. The third-order valence-corrected chi connectivity index (χ3v) is 1.68. The smallest absolute Gasteiger partial charge is 0.255 e. The molecule has 0 aromatic rings. The second kappa shape index (κ2) is 2.23. The van der Waals surface area contributed by atoms with Crippen molar-refractivity contribution in [2.24, 2.45) is 0 Å². The van der Waals surface area contributed by atoms with Crippen molar-refractivity contribution in [1.82, 2.24) is 4.98 Å². The topological polar surface area (TPSA) is 32.9 Å². The van der Waals surface area contributed by atoms with Gasteiger partial charge in [0, 0.05) is 17.3 Å². The van der Waals surface area contributed by atoms with Crippen molar-refractivity contribution in [3.8, 4) is 11.1 Å². The molecule has 0 radical (unpaired) electrons. The van der Waals surface area contributed by atoms with Gasteiger partial charge in [0.2, 0.25) is 0 Å². The molecule has 0 bridgehead atoms. The molecule has 2 aliphatic rings. The van der Waals surface area contributed by atoms with Gasteiger partial charge in [-0.1, -0.05) is 24.3 Å². The van der Waals surface area contributed by atoms with E-state index in [-0.39, 0.29) is 5.56 Å². The highest BCUT2D eigenvalue weighted by Gasteiger charge is 2.02. The summed E-state index contributed by atoms with van der Waals surface area (Å²) in [6.45, 7) is 0. The van der Waals surface area contributed by atoms with Crippen LogP contribution in [-0.4, -0.2) is 4.98 Å². The van der Waals surface area contributed by atoms with Crippen molar-refractivity contribution in [1.29, 1.82) is 0 Å². The van der Waals surface area contributed by atoms with Crippen molar-refractivity contribution >= 4 is 0 Å². The van der Waals surface area contributed by atoms with E-state index in [2.05, 4.69) is 4.98 Å². The summed E-state index contributed by atoms with van der Waals surface area (Å²) in [6.07, 6.45) is 1.72. The van der Waals surface area contributed by atoms with E-state index in [1.165, 1.54) is 0 Å². The van der Waals surface area contributed by atoms with Crippen molar-refractivity contribution < 1.29 is 0 Å². The van der Waals surface area contributed by atoms with E-state index in [0.717, 1.165) is 11.1 Å². The van der Waals surface area contributed by atoms with Crippen molar-refractivity contribution in [3.05, 3.63) is 46.9 Å². The summed E-state index contributed by atoms with van der Waals surface area (Å²) >= 11 is 0. The SMILES string of the molecule is O=c1[nH]cc2cccccc1-2. The quantitative estimate of drug-likeness (QED) is 0.598. The fourth-order valence-corrected chi connectivity index (χ4v) is 1.11. The lowest BCUT2D eigenvalue weighted by Crippen LogP contribution is -1.97. The van der Waals surface area contributed by atoms with Gasteiger partial charge in [0.05, 0.1) is 0 Å². The maximum absolute atomic E-state index is 11.1. The van der Waals surface area contributed by atoms with Crippen LogP contribution in [0.1, 0.15) is 0 Å². The van der Waals surface area contributed by atoms with Crippen LogP contribution in [0.25, 0.3) is 11.1 Å². The molecule has 1 N–H and O–H groups in total. The van der Waals surface area contributed by atoms with Crippen LogP contribution >= 0.6 is 0 Å². The van der Waals surface area contributed by atoms with Crippen LogP contribution in [0.2, 0.25) is 0 Å². The number of aromatic nitrogens is 1. The van der Waals surface area contributed by atoms with E-state index in [0.29, 0.717) is 0 Å². The molecule has 1 aliphatic heterocycles. The lowest BCUT2D eigenvalue weighted by Gasteiger charge is -1.82. The van der Waals surface area contributed by atoms with Gasteiger partial charge >= 0.3 is 0 Å². The fourth-order valence-electron chi connectivity index (χ4n) is 1.11. The van der Waals surface area contributed by atoms with Crippen LogP contribution in [0.15, 0.2) is 41.3 Å². The third-order valence-electron chi connectivity index (χ3n) is 1.68. The maximum atomic E-state index is 11.1. The van der Waals surface area contributed by atoms with E-state index in [9.17, 15) is 4.79 Å². The number of H-pyrrole nitrogens is 1. The van der Waals surface area contributed by atoms with Gasteiger partial charge in [0.15, 0.2) is 0 Å². The Hall–Kier alpha value is -1.57. The second-order valence-electron chi connectivity index (χ2n) is 2.40. The van der Waals surface area contributed by atoms with Gasteiger partial charge in [-0.05, 0) is 6.07 Å². The summed E-state index contributed by atoms with van der Waals surface area (Å²) in [4.78, 5) is 13.7. The summed E-state index contributed by atoms with van der Waals surface area (Å²) in [6, 6.07) is 9.40. The lowest BCUT2D eigenvalue weighted by atomic mass is 10.2. The van der Waals surface area contributed by atoms with E-state index in [1.54, 1.807) is 6.20 Å². The van der Waals surface area contributed by atoms with Gasteiger partial charge < -0.3 is 4.98 Å². The molecule has 0 atom stereocenters. The van der Waals surface area contributed by atoms with Crippen LogP contribution in [0.4, 0.5) is 0 Å². The largest absolute Gasteiger partial charge is 0.328 e. The zero-order valence-electron chi connectivity index (χ0n) is 5.87. The number of fused-ring (bicyclic) bond motifs is 1. The summed E-state index contributed by atoms with van der Waals surface area (Å²) in [5.41, 5.74) is 1.69. The molecule has 0 fully saturated rings. The molecule has 1 aliphatic carbocycles. The summed E-state index contributed by atoms with van der Waals surface area (Å²) < 4.78 is 0. The molecule has 0 aromatic heterocycles. The van der Waals surface area contributed by atoms with Crippen LogP contribution in [0, 0.1) is 0 Å². The van der Waals surface area contributed by atoms with Crippen LogP contribution in [0.3, 0.4) is 0 Å². The standard InChI is InChI=1S/C9H7NO/c11-9-8-5-3-1-2-4-7(8)6-10-9/h1-6H,(H,10,11). The Balaban J connectivity index is 2.86. The van der Waals surface area contributed by atoms with Gasteiger partial charge in [-0.15, -0.1) is 0 Å². The van der Waals surface area contributed by atoms with Crippen LogP contribution in [-0.2, 0) is 0 Å². The van der Waals surface area contributed by atoms with Gasteiger partial charge in [-0.2, -0.15) is 0 Å². The number of rotatable bonds is 0. The Morgan fingerprint density at radius 2 is 1.91 bits per heavy atom. The highest BCUT2D eigenvalue weighted by molar-refractivity contribution is 5.62. The molecule has 0 saturated carbocycles. The molecule has 0 aromatic carbocycles. The van der Waals surface area contributed by atoms with Gasteiger partial charge in [-0.25, -0.2) is 0 Å². The molecular formula is C9H7NO. The van der Waals surface area contributed by atoms with Gasteiger partial charge in [0.1, 0.15) is 0 Å². The molecule has 11 heavy (non-hydrogen) atoms. The molecular weight excluding hydrogens is 138 g/mol. The molecule has 0 spiro atoms. The first kappa shape index (κ1) is 6.16. The van der Waals surface area contributed by atoms with Gasteiger partial charge in [0.25, 0.3) is 5.56 Å². The third kappa shape index (κ3) is 0.923. The van der Waals surface area contributed by atoms with E-state index in [1.807, 2.05) is 30.3 Å². The van der Waals surface area contributed by atoms with E-state index >= 15 is 0 Å². The highest BCUT2D eigenvalue weighted by Crippen LogP contribution is 2.13. The lowest BCUT2D eigenvalue weighted by molar-refractivity contribution is 1.32. The van der Waals surface area contributed by atoms with Crippen LogP contribution in [0.5, 0.6) is 0 Å². The minimum atomic E-state index is -0.0174. The number of aromatic amines is 1. The number of hydrogen-bond donors (Lipinski definition) is 1. The molecule has 0 unspecified atom stereocenters. The Bertz CT molecular complexity index is 391. The van der Waals surface area contributed by atoms with Gasteiger partial charge in [-0.3, -0.25) is 4.79 Å². The summed E-state index contributed by atoms with van der Waals surface area (Å²) in [5.74, 6) is 0. The highest BCUT2D eigenvalue weighted by atomic mass is 16.1. The molecule has 54 valence electrons. The molecule has 2 rings (SSSR count). The van der Waals surface area contributed by atoms with Crippen molar-refractivity contribution in [2.75, 3.05) is 0 Å². The monoisotopic (exact) mass is 145 g/mol. The first-order valence-electron chi connectivity index (χ1n) is 3.44. The zero-order chi connectivity index (χ0) is 7.68. The first-order valence-corrected chi connectivity index (χ1v) is 3.44. The zero-order valence-corrected chi connectivity index (χ0v) is 5.87. The van der Waals surface area contributed by atoms with E-state index < -0.39 is 0 Å². The van der Waals surface area contributed by atoms with Crippen molar-refractivity contribution in [3.63, 3.8) is 0 Å². The van der Waals surface area contributed by atoms with E-state index in [4.69, 9.17) is 0 Å². The molecule has 2 heteroatoms. The molecule has 2 nitrogen and oxygen atoms in total. The predicted octanol–water partition coefficient (Wildman–Crippen LogP) is 1.48.